The first-order valence-electron chi connectivity index (χ1n) is 33.6. The molecule has 0 saturated carbocycles. The van der Waals surface area contributed by atoms with Gasteiger partial charge in [0.15, 0.2) is 23.3 Å². The summed E-state index contributed by atoms with van der Waals surface area (Å²) >= 11 is 0. The number of nitrogen functional groups attached to an aromatic ring is 5. The number of anilines is 10. The van der Waals surface area contributed by atoms with Crippen molar-refractivity contribution in [1.29, 1.82) is 0 Å². The van der Waals surface area contributed by atoms with Crippen molar-refractivity contribution in [3.8, 4) is 5.88 Å². The molecule has 0 aliphatic carbocycles. The molecule has 14 N–H and O–H groups in total. The summed E-state index contributed by atoms with van der Waals surface area (Å²) in [6.07, 6.45) is 15.8. The Labute approximate surface area is 611 Å². The van der Waals surface area contributed by atoms with Crippen LogP contribution in [0.5, 0.6) is 5.88 Å². The number of hydrogen-bond acceptors (Lipinski definition) is 16. The van der Waals surface area contributed by atoms with E-state index in [-0.39, 0.29) is 43.7 Å². The van der Waals surface area contributed by atoms with E-state index in [0.29, 0.717) is 29.7 Å². The fourth-order valence-electron chi connectivity index (χ4n) is 11.8. The van der Waals surface area contributed by atoms with Crippen LogP contribution in [0.4, 0.5) is 63.1 Å². The number of pyridine rings is 5. The van der Waals surface area contributed by atoms with E-state index in [9.17, 15) is 0 Å². The van der Waals surface area contributed by atoms with Gasteiger partial charge >= 0.3 is 0 Å². The lowest BCUT2D eigenvalue weighted by atomic mass is 10.2. The number of likely N-dealkylation sites (N-methyl/N-ethyl adjacent to an activating group) is 2. The molecule has 27 heteroatoms. The van der Waals surface area contributed by atoms with Crippen LogP contribution in [0.15, 0.2) is 153 Å². The number of aryl methyl sites for hydroxylation is 4. The summed E-state index contributed by atoms with van der Waals surface area (Å²) < 4.78 is 21.7. The summed E-state index contributed by atoms with van der Waals surface area (Å²) in [5, 5.41) is 38.1. The number of hydrogen-bond donors (Lipinski definition) is 9. The highest BCUT2D eigenvalue weighted by Gasteiger charge is 2.27. The first kappa shape index (κ1) is 83.3. The standard InChI is InChI=1S/C16H20N5.C14H18N5O.C14H22N5.C14H24N5.C13H19N5O.5CH3/c1-21(2,3)13-9-7-12(8-10-13)18-16-15(17)14-6-4-5-11-20(14)19-16;1-17-8-9-18(11-17)6-4-10-20-14-13(15)12-5-2-3-7-19(12)16-14;1-19(2)10-5-7-17(9-11-19)14-13(15)12-6-3-4-8-18(12)16-14;1-10-6-7-12-13(15)14(17-18(12)11(10)2)16-8-9-19(3,4)5;14-12-11-3-1-2-4-18(11)15-13(12)17-7-5-16(6-8-17)9-10-19;;;;;/h4-11H,17H2,1-3H3,(H,18,19);2-3,5,7-9,11H,4,6,10,15H2,1H3;3-4,6,8H,5,7,9-11,15H2,1-2H3;6-7H,8-9,15H2,1-5H3,(H,16,17);1-4,19H,5-10,14H2;5*1H3/q4*+1;;5*-1/p+1. The van der Waals surface area contributed by atoms with Gasteiger partial charge < -0.3 is 110 Å². The van der Waals surface area contributed by atoms with Gasteiger partial charge in [-0.05, 0) is 86.1 Å². The maximum Gasteiger partial charge on any atom is 0.257 e. The number of aliphatic hydroxyl groups excluding tert-OH is 1. The number of imidazole rings is 1. The normalized spacial score (nSPS) is 13.6. The Morgan fingerprint density at radius 3 is 1.61 bits per heavy atom. The summed E-state index contributed by atoms with van der Waals surface area (Å²) in [6, 6.07) is 35.9. The number of piperazine rings is 1. The molecule has 0 bridgehead atoms. The Hall–Kier alpha value is -10.3. The highest BCUT2D eigenvalue weighted by Crippen LogP contribution is 2.31. The van der Waals surface area contributed by atoms with E-state index >= 15 is 0 Å². The minimum absolute atomic E-state index is 0. The average molecular weight is 1410 g/mol. The van der Waals surface area contributed by atoms with E-state index in [1.54, 1.807) is 9.03 Å². The highest BCUT2D eigenvalue weighted by molar-refractivity contribution is 5.85. The molecular weight excluding hydrogens is 1300 g/mol. The SMILES string of the molecule is C[N+](C)(C)c1ccc(Nc2nn3ccccc3c2N)cc1.C[N+]1(C)CCCN(c2nn3ccccc3c2N)CC1.C[n+]1ccn(CCCOc2nn3ccccc3c2N)c1.Cc1ccc2c(N)c(NCC[N+](C)(C)C)nn2c1C.Nc1c(N2CC[NH+](CCO)CC2)nn2ccccc12.[CH3-].[CH3-].[CH3-].[CH3-].[CH3-]. The second kappa shape index (κ2) is 36.5. The van der Waals surface area contributed by atoms with E-state index in [1.165, 1.54) is 29.1 Å². The second-order valence-corrected chi connectivity index (χ2v) is 27.8. The molecule has 2 aliphatic rings. The summed E-state index contributed by atoms with van der Waals surface area (Å²) in [5.41, 5.74) is 43.6. The summed E-state index contributed by atoms with van der Waals surface area (Å²) in [6.45, 7) is 16.9. The molecule has 11 aromatic heterocycles. The molecule has 2 fully saturated rings. The van der Waals surface area contributed by atoms with Gasteiger partial charge in [-0.25, -0.2) is 31.7 Å². The molecular formula is C76H119N25O2. The van der Waals surface area contributed by atoms with Gasteiger partial charge in [0, 0.05) is 67.7 Å². The van der Waals surface area contributed by atoms with Gasteiger partial charge in [-0.15, -0.1) is 25.5 Å². The maximum atomic E-state index is 8.97. The number of quaternary nitrogens is 4. The number of aliphatic hydroxyl groups is 1. The first-order valence-corrected chi connectivity index (χ1v) is 33.6. The monoisotopic (exact) mass is 1410 g/mol. The molecule has 13 heterocycles. The Morgan fingerprint density at radius 1 is 0.583 bits per heavy atom. The Bertz CT molecular complexity index is 4560. The van der Waals surface area contributed by atoms with Crippen LogP contribution in [0.25, 0.3) is 27.6 Å². The van der Waals surface area contributed by atoms with Crippen LogP contribution in [0.1, 0.15) is 24.1 Å². The lowest BCUT2D eigenvalue weighted by Crippen LogP contribution is -3.15. The number of ether oxygens (including phenoxy) is 1. The predicted molar refractivity (Wildman–Crippen MR) is 430 cm³/mol. The van der Waals surface area contributed by atoms with Crippen LogP contribution in [-0.2, 0) is 13.6 Å². The molecule has 103 heavy (non-hydrogen) atoms. The molecule has 14 rings (SSSR count). The fourth-order valence-corrected chi connectivity index (χ4v) is 11.8. The van der Waals surface area contributed by atoms with Gasteiger partial charge in [0.05, 0.1) is 170 Å². The molecule has 0 atom stereocenters. The summed E-state index contributed by atoms with van der Waals surface area (Å²) in [7, 11) is 19.5. The number of rotatable bonds is 16. The van der Waals surface area contributed by atoms with Crippen molar-refractivity contribution in [3.05, 3.63) is 201 Å². The molecule has 560 valence electrons. The third-order valence-corrected chi connectivity index (χ3v) is 17.9. The molecule has 2 aliphatic heterocycles. The van der Waals surface area contributed by atoms with Crippen molar-refractivity contribution >= 4 is 90.7 Å². The van der Waals surface area contributed by atoms with Crippen LogP contribution in [0.2, 0.25) is 0 Å². The maximum absolute atomic E-state index is 8.97. The third-order valence-electron chi connectivity index (χ3n) is 17.9. The van der Waals surface area contributed by atoms with Crippen LogP contribution in [0.3, 0.4) is 0 Å². The van der Waals surface area contributed by atoms with Crippen molar-refractivity contribution in [2.75, 3.05) is 191 Å². The molecule has 0 unspecified atom stereocenters. The number of aromatic nitrogens is 12. The third kappa shape index (κ3) is 20.9. The molecule has 0 spiro atoms. The minimum atomic E-state index is 0. The van der Waals surface area contributed by atoms with Crippen molar-refractivity contribution in [2.45, 2.75) is 33.2 Å². The highest BCUT2D eigenvalue weighted by atomic mass is 16.5. The van der Waals surface area contributed by atoms with Crippen LogP contribution in [0, 0.1) is 51.0 Å². The zero-order valence-electron chi connectivity index (χ0n) is 64.1. The lowest BCUT2D eigenvalue weighted by Gasteiger charge is -2.32. The average Bonchev–Trinajstić information content (AvgIpc) is 1.68. The molecule has 12 aromatic rings. The van der Waals surface area contributed by atoms with Gasteiger partial charge in [0.25, 0.3) is 5.88 Å². The summed E-state index contributed by atoms with van der Waals surface area (Å²) in [5.74, 6) is 3.79. The van der Waals surface area contributed by atoms with Crippen LogP contribution >= 0.6 is 0 Å². The topological polar surface area (TPSA) is 290 Å². The molecule has 1 aromatic carbocycles. The van der Waals surface area contributed by atoms with E-state index in [4.69, 9.17) is 38.5 Å². The van der Waals surface area contributed by atoms with Crippen molar-refractivity contribution < 1.29 is 28.3 Å². The van der Waals surface area contributed by atoms with E-state index < -0.39 is 0 Å². The molecule has 2 saturated heterocycles. The Balaban J connectivity index is 0.000000229. The zero-order chi connectivity index (χ0) is 69.9. The van der Waals surface area contributed by atoms with Crippen LogP contribution < -0.4 is 67.8 Å². The van der Waals surface area contributed by atoms with E-state index in [0.717, 1.165) is 165 Å². The van der Waals surface area contributed by atoms with Gasteiger partial charge in [-0.3, -0.25) is 4.48 Å². The quantitative estimate of drug-likeness (QED) is 0.0195. The zero-order valence-corrected chi connectivity index (χ0v) is 64.1. The predicted octanol–water partition coefficient (Wildman–Crippen LogP) is 7.59. The Morgan fingerprint density at radius 2 is 1.11 bits per heavy atom. The van der Waals surface area contributed by atoms with E-state index in [2.05, 4.69) is 139 Å². The smallest absolute Gasteiger partial charge is 0.257 e. The van der Waals surface area contributed by atoms with Crippen molar-refractivity contribution in [3.63, 3.8) is 0 Å². The number of nitrogens with zero attached hydrogens (tertiary/aromatic N) is 17. The number of fused-ring (bicyclic) bond motifs is 5. The number of nitrogens with two attached hydrogens (primary N) is 5. The number of benzene rings is 1. The van der Waals surface area contributed by atoms with Crippen LogP contribution in [-0.4, -0.2) is 208 Å². The fraction of sp³-hybridized carbons (Fsp3) is 0.355. The van der Waals surface area contributed by atoms with Crippen molar-refractivity contribution in [1.82, 2.24) is 57.1 Å². The Kier molecular flexibility index (Phi) is 29.5. The second-order valence-electron chi connectivity index (χ2n) is 27.8. The first-order chi connectivity index (χ1) is 46.8. The molecule has 0 radical (unpaired) electrons. The molecule has 27 nitrogen and oxygen atoms in total. The number of nitrogens with one attached hydrogen (secondary N) is 3. The minimum Gasteiger partial charge on any atom is -0.475 e. The van der Waals surface area contributed by atoms with Crippen molar-refractivity contribution in [2.24, 2.45) is 7.05 Å². The van der Waals surface area contributed by atoms with Gasteiger partial charge in [0.2, 0.25) is 6.33 Å². The lowest BCUT2D eigenvalue weighted by molar-refractivity contribution is -0.900. The largest absolute Gasteiger partial charge is 0.475 e. The summed E-state index contributed by atoms with van der Waals surface area (Å²) in [4.78, 5) is 6.01. The van der Waals surface area contributed by atoms with Gasteiger partial charge in [-0.1, -0.05) is 30.3 Å². The van der Waals surface area contributed by atoms with Gasteiger partial charge in [0.1, 0.15) is 53.1 Å². The van der Waals surface area contributed by atoms with E-state index in [1.807, 2.05) is 160 Å². The molecule has 0 amide bonds. The van der Waals surface area contributed by atoms with Gasteiger partial charge in [-0.2, -0.15) is 0 Å².